The normalized spacial score (nSPS) is 23.4. The van der Waals surface area contributed by atoms with Crippen LogP contribution in [0.1, 0.15) is 49.6 Å². The Bertz CT molecular complexity index is 1950. The minimum atomic E-state index is -1.39. The number of pyridine rings is 1. The lowest BCUT2D eigenvalue weighted by atomic mass is 9.59. The summed E-state index contributed by atoms with van der Waals surface area (Å²) >= 11 is 0. The number of fused-ring (bicyclic) bond motifs is 3. The highest BCUT2D eigenvalue weighted by Crippen LogP contribution is 2.65. The number of carbonyl (C=O) groups excluding carboxylic acids is 2. The molecule has 1 N–H and O–H groups in total. The van der Waals surface area contributed by atoms with Gasteiger partial charge in [0.2, 0.25) is 11.4 Å². The molecule has 1 spiro atoms. The Morgan fingerprint density at radius 1 is 1.02 bits per heavy atom. The molecular formula is C37H34N4O6. The number of nitrogens with zero attached hydrogens (tertiary/aromatic N) is 3. The second-order valence-corrected chi connectivity index (χ2v) is 12.7. The lowest BCUT2D eigenvalue weighted by molar-refractivity contribution is 0.0593. The van der Waals surface area contributed by atoms with Gasteiger partial charge in [-0.25, -0.2) is 4.98 Å². The van der Waals surface area contributed by atoms with Crippen LogP contribution < -0.4 is 19.7 Å². The van der Waals surface area contributed by atoms with Crippen LogP contribution in [0.5, 0.6) is 11.6 Å². The number of allylic oxidation sites excluding steroid dienone is 1. The number of hydrogen-bond acceptors (Lipinski definition) is 10. The van der Waals surface area contributed by atoms with E-state index >= 15 is 0 Å². The first-order valence-electron chi connectivity index (χ1n) is 15.8. The molecule has 0 saturated carbocycles. The standard InChI is InChI=1S/C37H34N4O6/c1-4-15-39-36-17-24-16-25-29(27(19-38-34(25)41(2)3)44-20-22-11-7-5-8-12-22)31(42)28(24)33-37(36,46-33)32(43)30-26(18-36)47-40-35(30)45-21-23-13-9-6-10-14-23/h4-14,19,24,39H,1,15-18,20-21H2,2-3H3/t24?,36-,37-/m1/s1. The second-order valence-electron chi connectivity index (χ2n) is 12.7. The topological polar surface area (TPSA) is 119 Å². The first kappa shape index (κ1) is 29.2. The molecule has 4 aliphatic rings. The maximum atomic E-state index is 14.6. The smallest absolute Gasteiger partial charge is 0.265 e. The molecule has 8 rings (SSSR count). The summed E-state index contributed by atoms with van der Waals surface area (Å²) in [6.45, 7) is 4.84. The third-order valence-electron chi connectivity index (χ3n) is 9.70. The van der Waals surface area contributed by atoms with E-state index in [1.54, 1.807) is 12.3 Å². The van der Waals surface area contributed by atoms with Crippen molar-refractivity contribution in [1.82, 2.24) is 15.5 Å². The zero-order valence-corrected chi connectivity index (χ0v) is 26.2. The Labute approximate surface area is 272 Å². The van der Waals surface area contributed by atoms with Crippen molar-refractivity contribution < 1.29 is 28.3 Å². The lowest BCUT2D eigenvalue weighted by Crippen LogP contribution is -2.66. The fourth-order valence-electron chi connectivity index (χ4n) is 7.59. The first-order chi connectivity index (χ1) is 22.9. The fourth-order valence-corrected chi connectivity index (χ4v) is 7.59. The summed E-state index contributed by atoms with van der Waals surface area (Å²) in [6, 6.07) is 19.4. The number of ether oxygens (including phenoxy) is 3. The molecule has 0 bridgehead atoms. The molecule has 0 amide bonds. The van der Waals surface area contributed by atoms with E-state index in [2.05, 4.69) is 17.1 Å². The highest BCUT2D eigenvalue weighted by Gasteiger charge is 2.79. The number of nitrogens with one attached hydrogen (secondary N) is 1. The molecule has 1 saturated heterocycles. The van der Waals surface area contributed by atoms with Gasteiger partial charge in [0.1, 0.15) is 30.3 Å². The fraction of sp³-hybridized carbons (Fsp3) is 0.297. The molecule has 10 nitrogen and oxygen atoms in total. The van der Waals surface area contributed by atoms with Crippen LogP contribution in [0.2, 0.25) is 0 Å². The molecule has 2 aromatic carbocycles. The third-order valence-corrected chi connectivity index (χ3v) is 9.70. The molecular weight excluding hydrogens is 596 g/mol. The summed E-state index contributed by atoms with van der Waals surface area (Å²) < 4.78 is 24.5. The van der Waals surface area contributed by atoms with Gasteiger partial charge < -0.3 is 29.0 Å². The van der Waals surface area contributed by atoms with Crippen molar-refractivity contribution in [2.45, 2.75) is 43.6 Å². The lowest BCUT2D eigenvalue weighted by Gasteiger charge is -2.45. The average molecular weight is 631 g/mol. The quantitative estimate of drug-likeness (QED) is 0.189. The predicted octanol–water partition coefficient (Wildman–Crippen LogP) is 5.03. The maximum absolute atomic E-state index is 14.6. The van der Waals surface area contributed by atoms with Gasteiger partial charge in [-0.05, 0) is 35.0 Å². The van der Waals surface area contributed by atoms with Crippen molar-refractivity contribution in [3.05, 3.63) is 124 Å². The number of rotatable bonds is 10. The molecule has 47 heavy (non-hydrogen) atoms. The monoisotopic (exact) mass is 630 g/mol. The van der Waals surface area contributed by atoms with Gasteiger partial charge in [-0.15, -0.1) is 6.58 Å². The Morgan fingerprint density at radius 3 is 2.40 bits per heavy atom. The van der Waals surface area contributed by atoms with Gasteiger partial charge in [0.05, 0.1) is 17.3 Å². The van der Waals surface area contributed by atoms with Gasteiger partial charge >= 0.3 is 0 Å². The number of epoxide rings is 1. The zero-order chi connectivity index (χ0) is 32.3. The summed E-state index contributed by atoms with van der Waals surface area (Å²) in [7, 11) is 3.83. The van der Waals surface area contributed by atoms with Crippen molar-refractivity contribution in [2.75, 3.05) is 25.5 Å². The molecule has 1 aliphatic heterocycles. The number of ketones is 2. The number of aromatic nitrogens is 2. The molecule has 3 heterocycles. The third kappa shape index (κ3) is 4.42. The van der Waals surface area contributed by atoms with Crippen molar-refractivity contribution in [1.29, 1.82) is 0 Å². The van der Waals surface area contributed by atoms with Gasteiger partial charge in [-0.3, -0.25) is 9.59 Å². The average Bonchev–Trinajstić information content (AvgIpc) is 3.72. The molecule has 0 radical (unpaired) electrons. The number of anilines is 1. The molecule has 4 aromatic rings. The van der Waals surface area contributed by atoms with Gasteiger partial charge in [0.15, 0.2) is 17.3 Å². The van der Waals surface area contributed by atoms with Gasteiger partial charge in [-0.2, -0.15) is 0 Å². The summed E-state index contributed by atoms with van der Waals surface area (Å²) in [5.74, 6) is 1.35. The molecule has 2 aromatic heterocycles. The van der Waals surface area contributed by atoms with E-state index in [1.165, 1.54) is 0 Å². The van der Waals surface area contributed by atoms with Crippen LogP contribution >= 0.6 is 0 Å². The van der Waals surface area contributed by atoms with E-state index < -0.39 is 11.1 Å². The minimum absolute atomic E-state index is 0.126. The van der Waals surface area contributed by atoms with E-state index in [0.29, 0.717) is 60.0 Å². The largest absolute Gasteiger partial charge is 0.486 e. The van der Waals surface area contributed by atoms with Crippen molar-refractivity contribution in [3.8, 4) is 11.6 Å². The van der Waals surface area contributed by atoms with Crippen LogP contribution in [0, 0.1) is 5.92 Å². The van der Waals surface area contributed by atoms with Crippen LogP contribution in [0.15, 0.2) is 95.4 Å². The molecule has 238 valence electrons. The van der Waals surface area contributed by atoms with E-state index in [-0.39, 0.29) is 42.1 Å². The number of Topliss-reactive ketones (excluding diaryl/α,β-unsaturated/α-hetero) is 2. The van der Waals surface area contributed by atoms with Crippen LogP contribution in [0.4, 0.5) is 5.82 Å². The Kier molecular flexibility index (Phi) is 6.80. The highest BCUT2D eigenvalue weighted by molar-refractivity contribution is 6.18. The van der Waals surface area contributed by atoms with Crippen LogP contribution in [-0.2, 0) is 30.8 Å². The van der Waals surface area contributed by atoms with Gasteiger partial charge in [-0.1, -0.05) is 66.7 Å². The van der Waals surface area contributed by atoms with Crippen molar-refractivity contribution >= 4 is 17.4 Å². The van der Waals surface area contributed by atoms with Crippen molar-refractivity contribution in [3.63, 3.8) is 0 Å². The van der Waals surface area contributed by atoms with Gasteiger partial charge in [0.25, 0.3) is 5.88 Å². The van der Waals surface area contributed by atoms with Crippen LogP contribution in [0.25, 0.3) is 0 Å². The summed E-state index contributed by atoms with van der Waals surface area (Å²) in [4.78, 5) is 35.9. The molecule has 1 unspecified atom stereocenters. The molecule has 3 aliphatic carbocycles. The Morgan fingerprint density at radius 2 is 1.72 bits per heavy atom. The second kappa shape index (κ2) is 10.9. The zero-order valence-electron chi connectivity index (χ0n) is 26.2. The summed E-state index contributed by atoms with van der Waals surface area (Å²) in [5, 5.41) is 7.75. The predicted molar refractivity (Wildman–Crippen MR) is 173 cm³/mol. The molecule has 10 heteroatoms. The summed E-state index contributed by atoms with van der Waals surface area (Å²) in [5.41, 5.74) is 1.72. The Hall–Kier alpha value is -5.22. The SMILES string of the molecule is C=CCN[C@]12Cc3onc(OCc4ccccc4)c3C(=O)[C@]13OC3=C1C(=O)c3c(OCc4ccccc4)cnc(N(C)C)c3CC1C2. The van der Waals surface area contributed by atoms with E-state index in [0.717, 1.165) is 16.7 Å². The van der Waals surface area contributed by atoms with E-state index in [9.17, 15) is 9.59 Å². The molecule has 1 fully saturated rings. The molecule has 3 atom stereocenters. The minimum Gasteiger partial charge on any atom is -0.486 e. The van der Waals surface area contributed by atoms with Crippen LogP contribution in [-0.4, -0.2) is 53.5 Å². The first-order valence-corrected chi connectivity index (χ1v) is 15.8. The van der Waals surface area contributed by atoms with Crippen molar-refractivity contribution in [2.24, 2.45) is 5.92 Å². The van der Waals surface area contributed by atoms with Gasteiger partial charge in [0, 0.05) is 38.2 Å². The number of benzene rings is 2. The highest BCUT2D eigenvalue weighted by atomic mass is 16.6. The van der Waals surface area contributed by atoms with Crippen LogP contribution in [0.3, 0.4) is 0 Å². The summed E-state index contributed by atoms with van der Waals surface area (Å²) in [6.07, 6.45) is 4.69. The van der Waals surface area contributed by atoms with E-state index in [4.69, 9.17) is 23.7 Å². The number of hydrogen-bond donors (Lipinski definition) is 1. The number of carbonyl (C=O) groups is 2. The Balaban J connectivity index is 1.20. The maximum Gasteiger partial charge on any atom is 0.265 e. The van der Waals surface area contributed by atoms with E-state index in [1.807, 2.05) is 79.7 Å².